The van der Waals surface area contributed by atoms with Crippen molar-refractivity contribution >= 4 is 5.91 Å². The quantitative estimate of drug-likeness (QED) is 0.743. The summed E-state index contributed by atoms with van der Waals surface area (Å²) in [7, 11) is 0. The SMILES string of the molecule is O=C(NCC1CNCCO1)C1CCCCC1. The van der Waals surface area contributed by atoms with Gasteiger partial charge in [0.05, 0.1) is 12.7 Å². The highest BCUT2D eigenvalue weighted by atomic mass is 16.5. The van der Waals surface area contributed by atoms with E-state index in [9.17, 15) is 4.79 Å². The van der Waals surface area contributed by atoms with Crippen LogP contribution in [0.2, 0.25) is 0 Å². The fourth-order valence-corrected chi connectivity index (χ4v) is 2.47. The average molecular weight is 226 g/mol. The van der Waals surface area contributed by atoms with Crippen molar-refractivity contribution in [3.8, 4) is 0 Å². The Morgan fingerprint density at radius 2 is 2.12 bits per heavy atom. The van der Waals surface area contributed by atoms with Crippen LogP contribution >= 0.6 is 0 Å². The maximum Gasteiger partial charge on any atom is 0.223 e. The fraction of sp³-hybridized carbons (Fsp3) is 0.917. The molecule has 1 aliphatic heterocycles. The summed E-state index contributed by atoms with van der Waals surface area (Å²) in [5.74, 6) is 0.485. The molecule has 16 heavy (non-hydrogen) atoms. The number of hydrogen-bond acceptors (Lipinski definition) is 3. The summed E-state index contributed by atoms with van der Waals surface area (Å²) in [6.45, 7) is 3.18. The van der Waals surface area contributed by atoms with Crippen LogP contribution < -0.4 is 10.6 Å². The molecule has 2 fully saturated rings. The standard InChI is InChI=1S/C12H22N2O2/c15-12(10-4-2-1-3-5-10)14-9-11-8-13-6-7-16-11/h10-11,13H,1-9H2,(H,14,15). The maximum absolute atomic E-state index is 11.9. The number of ether oxygens (including phenoxy) is 1. The molecule has 4 nitrogen and oxygen atoms in total. The molecule has 0 aromatic rings. The summed E-state index contributed by atoms with van der Waals surface area (Å²) in [6, 6.07) is 0. The minimum Gasteiger partial charge on any atom is -0.374 e. The molecule has 0 aromatic heterocycles. The Bertz CT molecular complexity index is 221. The van der Waals surface area contributed by atoms with Crippen LogP contribution in [0.25, 0.3) is 0 Å². The number of morpholine rings is 1. The minimum atomic E-state index is 0.154. The Kier molecular flexibility index (Phi) is 4.60. The summed E-state index contributed by atoms with van der Waals surface area (Å²) < 4.78 is 5.54. The molecular formula is C12H22N2O2. The second-order valence-electron chi connectivity index (χ2n) is 4.78. The highest BCUT2D eigenvalue weighted by molar-refractivity contribution is 5.78. The molecule has 1 saturated carbocycles. The lowest BCUT2D eigenvalue weighted by Crippen LogP contribution is -2.46. The van der Waals surface area contributed by atoms with Crippen LogP contribution in [-0.2, 0) is 9.53 Å². The summed E-state index contributed by atoms with van der Waals surface area (Å²) in [5, 5.41) is 6.28. The van der Waals surface area contributed by atoms with E-state index in [0.717, 1.165) is 32.5 Å². The normalized spacial score (nSPS) is 27.6. The summed E-state index contributed by atoms with van der Waals surface area (Å²) >= 11 is 0. The van der Waals surface area contributed by atoms with Crippen LogP contribution in [0, 0.1) is 5.92 Å². The van der Waals surface area contributed by atoms with Crippen molar-refractivity contribution in [1.82, 2.24) is 10.6 Å². The second kappa shape index (κ2) is 6.21. The van der Waals surface area contributed by atoms with E-state index in [1.54, 1.807) is 0 Å². The van der Waals surface area contributed by atoms with Gasteiger partial charge in [0.1, 0.15) is 0 Å². The first-order valence-electron chi connectivity index (χ1n) is 6.46. The van der Waals surface area contributed by atoms with Gasteiger partial charge in [-0.3, -0.25) is 4.79 Å². The molecule has 4 heteroatoms. The first-order chi connectivity index (χ1) is 7.86. The summed E-state index contributed by atoms with van der Waals surface area (Å²) in [6.07, 6.45) is 5.99. The van der Waals surface area contributed by atoms with E-state index in [-0.39, 0.29) is 17.9 Å². The van der Waals surface area contributed by atoms with Crippen molar-refractivity contribution in [1.29, 1.82) is 0 Å². The number of nitrogens with one attached hydrogen (secondary N) is 2. The van der Waals surface area contributed by atoms with E-state index >= 15 is 0 Å². The van der Waals surface area contributed by atoms with Gasteiger partial charge in [0.2, 0.25) is 5.91 Å². The van der Waals surface area contributed by atoms with Crippen molar-refractivity contribution < 1.29 is 9.53 Å². The molecular weight excluding hydrogens is 204 g/mol. The van der Waals surface area contributed by atoms with Crippen LogP contribution in [0.1, 0.15) is 32.1 Å². The van der Waals surface area contributed by atoms with Gasteiger partial charge in [0.25, 0.3) is 0 Å². The molecule has 1 saturated heterocycles. The van der Waals surface area contributed by atoms with E-state index in [2.05, 4.69) is 10.6 Å². The topological polar surface area (TPSA) is 50.4 Å². The van der Waals surface area contributed by atoms with E-state index < -0.39 is 0 Å². The van der Waals surface area contributed by atoms with Gasteiger partial charge in [-0.1, -0.05) is 19.3 Å². The molecule has 1 heterocycles. The summed E-state index contributed by atoms with van der Waals surface area (Å²) in [4.78, 5) is 11.9. The Morgan fingerprint density at radius 1 is 1.31 bits per heavy atom. The Labute approximate surface area is 97.1 Å². The van der Waals surface area contributed by atoms with Gasteiger partial charge in [-0.2, -0.15) is 0 Å². The Morgan fingerprint density at radius 3 is 2.81 bits per heavy atom. The highest BCUT2D eigenvalue weighted by Gasteiger charge is 2.22. The lowest BCUT2D eigenvalue weighted by atomic mass is 9.88. The molecule has 2 rings (SSSR count). The van der Waals surface area contributed by atoms with E-state index in [4.69, 9.17) is 4.74 Å². The molecule has 1 atom stereocenters. The van der Waals surface area contributed by atoms with Crippen molar-refractivity contribution in [2.75, 3.05) is 26.2 Å². The molecule has 1 unspecified atom stereocenters. The van der Waals surface area contributed by atoms with E-state index in [1.165, 1.54) is 19.3 Å². The largest absolute Gasteiger partial charge is 0.374 e. The number of carbonyl (C=O) groups is 1. The lowest BCUT2D eigenvalue weighted by molar-refractivity contribution is -0.126. The maximum atomic E-state index is 11.9. The Balaban J connectivity index is 1.65. The monoisotopic (exact) mass is 226 g/mol. The van der Waals surface area contributed by atoms with Gasteiger partial charge in [-0.05, 0) is 12.8 Å². The smallest absolute Gasteiger partial charge is 0.223 e. The third kappa shape index (κ3) is 3.46. The first kappa shape index (κ1) is 11.9. The van der Waals surface area contributed by atoms with Gasteiger partial charge in [-0.25, -0.2) is 0 Å². The van der Waals surface area contributed by atoms with Gasteiger partial charge in [0, 0.05) is 25.6 Å². The van der Waals surface area contributed by atoms with Crippen molar-refractivity contribution in [3.05, 3.63) is 0 Å². The minimum absolute atomic E-state index is 0.154. The van der Waals surface area contributed by atoms with Crippen molar-refractivity contribution in [3.63, 3.8) is 0 Å². The van der Waals surface area contributed by atoms with E-state index in [0.29, 0.717) is 6.54 Å². The third-order valence-corrected chi connectivity index (χ3v) is 3.48. The predicted molar refractivity (Wildman–Crippen MR) is 62.2 cm³/mol. The molecule has 0 radical (unpaired) electrons. The van der Waals surface area contributed by atoms with Gasteiger partial charge >= 0.3 is 0 Å². The van der Waals surface area contributed by atoms with Crippen molar-refractivity contribution in [2.45, 2.75) is 38.2 Å². The molecule has 92 valence electrons. The predicted octanol–water partition coefficient (Wildman–Crippen LogP) is 0.671. The van der Waals surface area contributed by atoms with Crippen LogP contribution in [0.4, 0.5) is 0 Å². The van der Waals surface area contributed by atoms with Gasteiger partial charge in [-0.15, -0.1) is 0 Å². The summed E-state index contributed by atoms with van der Waals surface area (Å²) in [5.41, 5.74) is 0. The third-order valence-electron chi connectivity index (χ3n) is 3.48. The number of carbonyl (C=O) groups excluding carboxylic acids is 1. The van der Waals surface area contributed by atoms with Gasteiger partial charge in [0.15, 0.2) is 0 Å². The second-order valence-corrected chi connectivity index (χ2v) is 4.78. The molecule has 2 aliphatic rings. The zero-order valence-electron chi connectivity index (χ0n) is 9.84. The molecule has 1 amide bonds. The van der Waals surface area contributed by atoms with Crippen LogP contribution in [0.15, 0.2) is 0 Å². The van der Waals surface area contributed by atoms with Crippen LogP contribution in [0.5, 0.6) is 0 Å². The lowest BCUT2D eigenvalue weighted by Gasteiger charge is -2.26. The first-order valence-corrected chi connectivity index (χ1v) is 6.46. The molecule has 2 N–H and O–H groups in total. The molecule has 0 aromatic carbocycles. The Hall–Kier alpha value is -0.610. The van der Waals surface area contributed by atoms with Gasteiger partial charge < -0.3 is 15.4 Å². The van der Waals surface area contributed by atoms with Crippen molar-refractivity contribution in [2.24, 2.45) is 5.92 Å². The number of rotatable bonds is 3. The number of hydrogen-bond donors (Lipinski definition) is 2. The molecule has 0 bridgehead atoms. The zero-order valence-corrected chi connectivity index (χ0v) is 9.84. The highest BCUT2D eigenvalue weighted by Crippen LogP contribution is 2.23. The van der Waals surface area contributed by atoms with E-state index in [1.807, 2.05) is 0 Å². The average Bonchev–Trinajstić information content (AvgIpc) is 2.38. The zero-order chi connectivity index (χ0) is 11.2. The molecule has 1 aliphatic carbocycles. The fourth-order valence-electron chi connectivity index (χ4n) is 2.47. The van der Waals surface area contributed by atoms with Crippen LogP contribution in [0.3, 0.4) is 0 Å². The number of amides is 1. The van der Waals surface area contributed by atoms with Crippen LogP contribution in [-0.4, -0.2) is 38.3 Å². The molecule has 0 spiro atoms.